The standard InChI is InChI=1S/C12H21N/c1-12(2)8-10(12)11(13)9-6-4-3-5-7-9/h6,10-11H,3-5,7-8,13H2,1-2H3. The van der Waals surface area contributed by atoms with Gasteiger partial charge in [-0.1, -0.05) is 25.5 Å². The Morgan fingerprint density at radius 1 is 1.46 bits per heavy atom. The minimum Gasteiger partial charge on any atom is -0.324 e. The van der Waals surface area contributed by atoms with Gasteiger partial charge in [-0.25, -0.2) is 0 Å². The number of nitrogens with two attached hydrogens (primary N) is 1. The topological polar surface area (TPSA) is 26.0 Å². The van der Waals surface area contributed by atoms with E-state index in [1.54, 1.807) is 5.57 Å². The Labute approximate surface area is 81.4 Å². The van der Waals surface area contributed by atoms with Gasteiger partial charge in [0.1, 0.15) is 0 Å². The van der Waals surface area contributed by atoms with Crippen LogP contribution in [0.4, 0.5) is 0 Å². The first-order chi connectivity index (χ1) is 6.11. The molecule has 2 rings (SSSR count). The molecule has 2 N–H and O–H groups in total. The lowest BCUT2D eigenvalue weighted by Gasteiger charge is -2.20. The molecule has 2 aliphatic rings. The molecule has 13 heavy (non-hydrogen) atoms. The molecular weight excluding hydrogens is 158 g/mol. The molecule has 2 aliphatic carbocycles. The Morgan fingerprint density at radius 3 is 2.62 bits per heavy atom. The van der Waals surface area contributed by atoms with Crippen LogP contribution in [0.3, 0.4) is 0 Å². The van der Waals surface area contributed by atoms with Crippen LogP contribution in [0.5, 0.6) is 0 Å². The highest BCUT2D eigenvalue weighted by Gasteiger charge is 2.49. The van der Waals surface area contributed by atoms with Gasteiger partial charge in [-0.2, -0.15) is 0 Å². The van der Waals surface area contributed by atoms with E-state index in [1.165, 1.54) is 32.1 Å². The summed E-state index contributed by atoms with van der Waals surface area (Å²) in [6, 6.07) is 0.371. The zero-order valence-corrected chi connectivity index (χ0v) is 8.84. The van der Waals surface area contributed by atoms with Crippen LogP contribution in [-0.2, 0) is 0 Å². The van der Waals surface area contributed by atoms with E-state index in [1.807, 2.05) is 0 Å². The molecule has 0 radical (unpaired) electrons. The predicted octanol–water partition coefficient (Wildman–Crippen LogP) is 2.86. The van der Waals surface area contributed by atoms with E-state index in [0.29, 0.717) is 11.5 Å². The summed E-state index contributed by atoms with van der Waals surface area (Å²) >= 11 is 0. The van der Waals surface area contributed by atoms with E-state index in [9.17, 15) is 0 Å². The van der Waals surface area contributed by atoms with Gasteiger partial charge in [0.25, 0.3) is 0 Å². The summed E-state index contributed by atoms with van der Waals surface area (Å²) in [5, 5.41) is 0. The Balaban J connectivity index is 1.97. The van der Waals surface area contributed by atoms with Crippen molar-refractivity contribution in [2.24, 2.45) is 17.1 Å². The van der Waals surface area contributed by atoms with Crippen molar-refractivity contribution >= 4 is 0 Å². The van der Waals surface area contributed by atoms with Crippen LogP contribution < -0.4 is 5.73 Å². The molecule has 1 heteroatoms. The first-order valence-corrected chi connectivity index (χ1v) is 5.56. The average molecular weight is 179 g/mol. The third-order valence-electron chi connectivity index (χ3n) is 3.78. The number of hydrogen-bond acceptors (Lipinski definition) is 1. The second-order valence-corrected chi connectivity index (χ2v) is 5.35. The van der Waals surface area contributed by atoms with Crippen molar-refractivity contribution in [1.82, 2.24) is 0 Å². The summed E-state index contributed by atoms with van der Waals surface area (Å²) < 4.78 is 0. The van der Waals surface area contributed by atoms with Gasteiger partial charge in [-0.15, -0.1) is 0 Å². The second-order valence-electron chi connectivity index (χ2n) is 5.35. The molecule has 1 saturated carbocycles. The van der Waals surface area contributed by atoms with E-state index in [4.69, 9.17) is 5.73 Å². The summed E-state index contributed by atoms with van der Waals surface area (Å²) in [5.74, 6) is 0.761. The second kappa shape index (κ2) is 3.13. The fourth-order valence-electron chi connectivity index (χ4n) is 2.55. The van der Waals surface area contributed by atoms with Crippen LogP contribution in [0.1, 0.15) is 46.0 Å². The summed E-state index contributed by atoms with van der Waals surface area (Å²) in [7, 11) is 0. The van der Waals surface area contributed by atoms with E-state index in [0.717, 1.165) is 5.92 Å². The quantitative estimate of drug-likeness (QED) is 0.648. The van der Waals surface area contributed by atoms with Crippen molar-refractivity contribution in [3.8, 4) is 0 Å². The molecule has 74 valence electrons. The maximum absolute atomic E-state index is 6.26. The maximum Gasteiger partial charge on any atom is 0.0287 e. The largest absolute Gasteiger partial charge is 0.324 e. The average Bonchev–Trinajstić information content (AvgIpc) is 2.76. The maximum atomic E-state index is 6.26. The minimum absolute atomic E-state index is 0.371. The third kappa shape index (κ3) is 1.80. The first kappa shape index (κ1) is 9.26. The van der Waals surface area contributed by atoms with E-state index in [-0.39, 0.29) is 0 Å². The molecule has 0 heterocycles. The number of allylic oxidation sites excluding steroid dienone is 1. The van der Waals surface area contributed by atoms with Crippen molar-refractivity contribution in [3.63, 3.8) is 0 Å². The van der Waals surface area contributed by atoms with Gasteiger partial charge in [-0.3, -0.25) is 0 Å². The molecule has 0 aromatic heterocycles. The highest BCUT2D eigenvalue weighted by molar-refractivity contribution is 5.19. The number of rotatable bonds is 2. The summed E-state index contributed by atoms with van der Waals surface area (Å²) in [6.45, 7) is 4.67. The molecule has 0 spiro atoms. The molecule has 0 aromatic rings. The Hall–Kier alpha value is -0.300. The zero-order valence-electron chi connectivity index (χ0n) is 8.84. The van der Waals surface area contributed by atoms with Crippen LogP contribution in [0.15, 0.2) is 11.6 Å². The molecule has 0 bridgehead atoms. The van der Waals surface area contributed by atoms with Gasteiger partial charge in [0.05, 0.1) is 0 Å². The van der Waals surface area contributed by atoms with E-state index < -0.39 is 0 Å². The van der Waals surface area contributed by atoms with Crippen molar-refractivity contribution in [2.45, 2.75) is 52.0 Å². The van der Waals surface area contributed by atoms with Gasteiger partial charge in [0, 0.05) is 6.04 Å². The lowest BCUT2D eigenvalue weighted by molar-refractivity contribution is 0.494. The monoisotopic (exact) mass is 179 g/mol. The number of hydrogen-bond donors (Lipinski definition) is 1. The highest BCUT2D eigenvalue weighted by Crippen LogP contribution is 2.54. The van der Waals surface area contributed by atoms with Crippen LogP contribution in [0, 0.1) is 11.3 Å². The Morgan fingerprint density at radius 2 is 2.15 bits per heavy atom. The first-order valence-electron chi connectivity index (χ1n) is 5.56. The van der Waals surface area contributed by atoms with Crippen molar-refractivity contribution in [1.29, 1.82) is 0 Å². The van der Waals surface area contributed by atoms with Crippen LogP contribution in [0.2, 0.25) is 0 Å². The molecule has 0 aliphatic heterocycles. The van der Waals surface area contributed by atoms with Crippen molar-refractivity contribution in [3.05, 3.63) is 11.6 Å². The zero-order chi connectivity index (χ0) is 9.47. The van der Waals surface area contributed by atoms with Crippen LogP contribution in [0.25, 0.3) is 0 Å². The van der Waals surface area contributed by atoms with E-state index >= 15 is 0 Å². The molecule has 2 atom stereocenters. The highest BCUT2D eigenvalue weighted by atomic mass is 14.7. The molecule has 1 nitrogen and oxygen atoms in total. The molecule has 2 unspecified atom stereocenters. The summed E-state index contributed by atoms with van der Waals surface area (Å²) in [5.41, 5.74) is 8.33. The van der Waals surface area contributed by atoms with Gasteiger partial charge in [0.2, 0.25) is 0 Å². The van der Waals surface area contributed by atoms with Crippen LogP contribution in [-0.4, -0.2) is 6.04 Å². The molecular formula is C12H21N. The smallest absolute Gasteiger partial charge is 0.0287 e. The minimum atomic E-state index is 0.371. The van der Waals surface area contributed by atoms with Crippen LogP contribution >= 0.6 is 0 Å². The van der Waals surface area contributed by atoms with Gasteiger partial charge >= 0.3 is 0 Å². The lowest BCUT2D eigenvalue weighted by atomic mass is 9.90. The SMILES string of the molecule is CC1(C)CC1C(N)C1=CCCCC1. The normalized spacial score (nSPS) is 33.8. The predicted molar refractivity (Wildman–Crippen MR) is 56.4 cm³/mol. The van der Waals surface area contributed by atoms with Crippen molar-refractivity contribution in [2.75, 3.05) is 0 Å². The van der Waals surface area contributed by atoms with Gasteiger partial charge in [-0.05, 0) is 43.4 Å². The molecule has 1 fully saturated rings. The summed E-state index contributed by atoms with van der Waals surface area (Å²) in [4.78, 5) is 0. The fraction of sp³-hybridized carbons (Fsp3) is 0.833. The molecule has 0 saturated heterocycles. The van der Waals surface area contributed by atoms with Gasteiger partial charge in [0.15, 0.2) is 0 Å². The Bertz CT molecular complexity index is 227. The molecule has 0 aromatic carbocycles. The summed E-state index contributed by atoms with van der Waals surface area (Å²) in [6.07, 6.45) is 8.95. The third-order valence-corrected chi connectivity index (χ3v) is 3.78. The van der Waals surface area contributed by atoms with Crippen molar-refractivity contribution < 1.29 is 0 Å². The van der Waals surface area contributed by atoms with E-state index in [2.05, 4.69) is 19.9 Å². The van der Waals surface area contributed by atoms with Gasteiger partial charge < -0.3 is 5.73 Å². The fourth-order valence-corrected chi connectivity index (χ4v) is 2.55. The lowest BCUT2D eigenvalue weighted by Crippen LogP contribution is -2.28. The Kier molecular flexibility index (Phi) is 2.23. The molecule has 0 amide bonds.